The van der Waals surface area contributed by atoms with E-state index in [1.54, 1.807) is 7.11 Å². The Kier molecular flexibility index (Phi) is 4.98. The predicted molar refractivity (Wildman–Crippen MR) is 120 cm³/mol. The van der Waals surface area contributed by atoms with E-state index in [1.807, 2.05) is 42.5 Å². The van der Waals surface area contributed by atoms with Crippen molar-refractivity contribution >= 4 is 16.7 Å². The maximum atomic E-state index is 5.98. The van der Waals surface area contributed by atoms with Gasteiger partial charge in [-0.2, -0.15) is 0 Å². The van der Waals surface area contributed by atoms with Crippen molar-refractivity contribution in [3.63, 3.8) is 0 Å². The number of hydrogen-bond acceptors (Lipinski definition) is 4. The van der Waals surface area contributed by atoms with Crippen molar-refractivity contribution in [1.29, 1.82) is 0 Å². The fourth-order valence-corrected chi connectivity index (χ4v) is 4.09. The van der Waals surface area contributed by atoms with Crippen molar-refractivity contribution in [1.82, 2.24) is 4.98 Å². The van der Waals surface area contributed by atoms with E-state index in [1.165, 1.54) is 11.1 Å². The lowest BCUT2D eigenvalue weighted by Crippen LogP contribution is -2.08. The highest BCUT2D eigenvalue weighted by molar-refractivity contribution is 5.81. The van der Waals surface area contributed by atoms with Crippen LogP contribution in [0.1, 0.15) is 29.2 Å². The Morgan fingerprint density at radius 1 is 0.933 bits per heavy atom. The minimum atomic E-state index is 0.330. The zero-order valence-electron chi connectivity index (χ0n) is 17.0. The van der Waals surface area contributed by atoms with E-state index in [4.69, 9.17) is 14.5 Å². The molecule has 1 heterocycles. The fourth-order valence-electron chi connectivity index (χ4n) is 4.09. The summed E-state index contributed by atoms with van der Waals surface area (Å²) in [6, 6.07) is 27.1. The number of aryl methyl sites for hydroxylation is 1. The summed E-state index contributed by atoms with van der Waals surface area (Å²) in [4.78, 5) is 4.81. The molecule has 4 heteroatoms. The molecular formula is C26H24N2O2. The first-order valence-electron chi connectivity index (χ1n) is 10.3. The average molecular weight is 396 g/mol. The minimum Gasteiger partial charge on any atom is -0.497 e. The molecule has 1 N–H and O–H groups in total. The summed E-state index contributed by atoms with van der Waals surface area (Å²) < 4.78 is 11.3. The molecular weight excluding hydrogens is 372 g/mol. The molecule has 0 radical (unpaired) electrons. The molecule has 0 aliphatic heterocycles. The molecule has 4 aromatic rings. The van der Waals surface area contributed by atoms with Crippen LogP contribution in [0.5, 0.6) is 11.5 Å². The Bertz CT molecular complexity index is 1190. The third kappa shape index (κ3) is 3.81. The van der Waals surface area contributed by atoms with Gasteiger partial charge in [-0.25, -0.2) is 4.98 Å². The Labute approximate surface area is 176 Å². The van der Waals surface area contributed by atoms with Crippen LogP contribution in [0.4, 0.5) is 5.82 Å². The molecule has 5 rings (SSSR count). The second kappa shape index (κ2) is 8.07. The number of rotatable bonds is 6. The van der Waals surface area contributed by atoms with Gasteiger partial charge < -0.3 is 14.8 Å². The number of benzene rings is 3. The van der Waals surface area contributed by atoms with E-state index in [0.29, 0.717) is 12.6 Å². The molecule has 1 aromatic heterocycles. The van der Waals surface area contributed by atoms with Crippen LogP contribution in [-0.2, 0) is 13.0 Å². The summed E-state index contributed by atoms with van der Waals surface area (Å²) in [6.45, 7) is 0.497. The molecule has 0 saturated carbocycles. The highest BCUT2D eigenvalue weighted by Gasteiger charge is 2.21. The predicted octanol–water partition coefficient (Wildman–Crippen LogP) is 5.92. The molecule has 3 aromatic carbocycles. The van der Waals surface area contributed by atoms with Gasteiger partial charge in [-0.1, -0.05) is 36.4 Å². The normalized spacial score (nSPS) is 15.0. The molecule has 1 aliphatic rings. The molecule has 0 unspecified atom stereocenters. The average Bonchev–Trinajstić information content (AvgIpc) is 3.20. The molecule has 0 amide bonds. The van der Waals surface area contributed by atoms with E-state index in [-0.39, 0.29) is 0 Å². The van der Waals surface area contributed by atoms with Crippen LogP contribution in [0, 0.1) is 0 Å². The number of methoxy groups -OCH3 is 1. The standard InChI is InChI=1S/C26H24N2O2/c1-29-21-7-4-5-18(15-21)17-30-22-11-13-24-20(16-22)10-14-26(27-24)28-25-12-9-19-6-2-3-8-23(19)25/h2-8,10-11,13-16,25H,9,12,17H2,1H3,(H,27,28)/t25-/m1/s1. The van der Waals surface area contributed by atoms with Gasteiger partial charge in [0.05, 0.1) is 18.7 Å². The lowest BCUT2D eigenvalue weighted by atomic mass is 10.1. The van der Waals surface area contributed by atoms with Crippen molar-refractivity contribution in [2.45, 2.75) is 25.5 Å². The fraction of sp³-hybridized carbons (Fsp3) is 0.192. The van der Waals surface area contributed by atoms with Gasteiger partial charge in [-0.05, 0) is 72.0 Å². The lowest BCUT2D eigenvalue weighted by Gasteiger charge is -2.15. The third-order valence-electron chi connectivity index (χ3n) is 5.66. The SMILES string of the molecule is COc1cccc(COc2ccc3nc(N[C@@H]4CCc5ccccc54)ccc3c2)c1. The number of aromatic nitrogens is 1. The largest absolute Gasteiger partial charge is 0.497 e. The van der Waals surface area contributed by atoms with Gasteiger partial charge in [0.2, 0.25) is 0 Å². The number of nitrogens with one attached hydrogen (secondary N) is 1. The van der Waals surface area contributed by atoms with Crippen LogP contribution in [0.15, 0.2) is 78.9 Å². The van der Waals surface area contributed by atoms with E-state index >= 15 is 0 Å². The van der Waals surface area contributed by atoms with Crippen molar-refractivity contribution < 1.29 is 9.47 Å². The molecule has 0 fully saturated rings. The summed E-state index contributed by atoms with van der Waals surface area (Å²) >= 11 is 0. The van der Waals surface area contributed by atoms with Gasteiger partial charge in [-0.3, -0.25) is 0 Å². The van der Waals surface area contributed by atoms with Crippen LogP contribution in [0.3, 0.4) is 0 Å². The first kappa shape index (κ1) is 18.5. The van der Waals surface area contributed by atoms with Crippen LogP contribution in [-0.4, -0.2) is 12.1 Å². The Morgan fingerprint density at radius 3 is 2.80 bits per heavy atom. The highest BCUT2D eigenvalue weighted by atomic mass is 16.5. The first-order chi connectivity index (χ1) is 14.8. The van der Waals surface area contributed by atoms with E-state index in [0.717, 1.165) is 46.6 Å². The Morgan fingerprint density at radius 2 is 1.87 bits per heavy atom. The maximum absolute atomic E-state index is 5.98. The smallest absolute Gasteiger partial charge is 0.127 e. The van der Waals surface area contributed by atoms with Crippen molar-refractivity contribution in [2.24, 2.45) is 0 Å². The van der Waals surface area contributed by atoms with Crippen LogP contribution in [0.25, 0.3) is 10.9 Å². The van der Waals surface area contributed by atoms with Crippen LogP contribution < -0.4 is 14.8 Å². The molecule has 4 nitrogen and oxygen atoms in total. The summed E-state index contributed by atoms with van der Waals surface area (Å²) in [7, 11) is 1.67. The molecule has 1 atom stereocenters. The second-order valence-electron chi connectivity index (χ2n) is 7.63. The Balaban J connectivity index is 1.29. The molecule has 1 aliphatic carbocycles. The van der Waals surface area contributed by atoms with Crippen molar-refractivity contribution in [2.75, 3.05) is 12.4 Å². The van der Waals surface area contributed by atoms with Crippen molar-refractivity contribution in [3.05, 3.63) is 95.6 Å². The van der Waals surface area contributed by atoms with E-state index in [2.05, 4.69) is 41.7 Å². The van der Waals surface area contributed by atoms with Crippen LogP contribution in [0.2, 0.25) is 0 Å². The van der Waals surface area contributed by atoms with Gasteiger partial charge in [0.1, 0.15) is 23.9 Å². The Hall–Kier alpha value is -3.53. The number of ether oxygens (including phenoxy) is 2. The van der Waals surface area contributed by atoms with Crippen molar-refractivity contribution in [3.8, 4) is 11.5 Å². The first-order valence-corrected chi connectivity index (χ1v) is 10.3. The second-order valence-corrected chi connectivity index (χ2v) is 7.63. The maximum Gasteiger partial charge on any atom is 0.127 e. The van der Waals surface area contributed by atoms with Crippen LogP contribution >= 0.6 is 0 Å². The van der Waals surface area contributed by atoms with Gasteiger partial charge in [0.15, 0.2) is 0 Å². The number of pyridine rings is 1. The lowest BCUT2D eigenvalue weighted by molar-refractivity contribution is 0.305. The zero-order valence-corrected chi connectivity index (χ0v) is 17.0. The van der Waals surface area contributed by atoms with Gasteiger partial charge in [-0.15, -0.1) is 0 Å². The summed E-state index contributed by atoms with van der Waals surface area (Å²) in [5, 5.41) is 4.67. The zero-order chi connectivity index (χ0) is 20.3. The quantitative estimate of drug-likeness (QED) is 0.439. The van der Waals surface area contributed by atoms with E-state index in [9.17, 15) is 0 Å². The topological polar surface area (TPSA) is 43.4 Å². The minimum absolute atomic E-state index is 0.330. The van der Waals surface area contributed by atoms with Gasteiger partial charge in [0, 0.05) is 5.39 Å². The molecule has 30 heavy (non-hydrogen) atoms. The summed E-state index contributed by atoms with van der Waals surface area (Å²) in [5.41, 5.74) is 4.86. The number of fused-ring (bicyclic) bond motifs is 2. The monoisotopic (exact) mass is 396 g/mol. The molecule has 0 bridgehead atoms. The van der Waals surface area contributed by atoms with Gasteiger partial charge in [0.25, 0.3) is 0 Å². The van der Waals surface area contributed by atoms with E-state index < -0.39 is 0 Å². The molecule has 0 spiro atoms. The molecule has 0 saturated heterocycles. The number of hydrogen-bond donors (Lipinski definition) is 1. The summed E-state index contributed by atoms with van der Waals surface area (Å²) in [6.07, 6.45) is 2.23. The molecule has 150 valence electrons. The third-order valence-corrected chi connectivity index (χ3v) is 5.66. The number of anilines is 1. The highest BCUT2D eigenvalue weighted by Crippen LogP contribution is 2.33. The number of nitrogens with zero attached hydrogens (tertiary/aromatic N) is 1. The summed E-state index contributed by atoms with van der Waals surface area (Å²) in [5.74, 6) is 2.58. The van der Waals surface area contributed by atoms with Gasteiger partial charge >= 0.3 is 0 Å².